The van der Waals surface area contributed by atoms with Gasteiger partial charge in [0.1, 0.15) is 0 Å². The SMILES string of the molecule is CC1CCc2c(C(=O)NCCCN3CCc4ccccc4C3)csc2C1. The van der Waals surface area contributed by atoms with Gasteiger partial charge in [0.15, 0.2) is 0 Å². The maximum atomic E-state index is 12.6. The summed E-state index contributed by atoms with van der Waals surface area (Å²) in [5.41, 5.74) is 5.21. The summed E-state index contributed by atoms with van der Waals surface area (Å²) in [6.07, 6.45) is 5.57. The molecule has 1 N–H and O–H groups in total. The number of hydrogen-bond donors (Lipinski definition) is 1. The fraction of sp³-hybridized carbons (Fsp3) is 0.500. The maximum Gasteiger partial charge on any atom is 0.252 e. The first-order valence-electron chi connectivity index (χ1n) is 9.87. The molecule has 1 aromatic carbocycles. The fourth-order valence-corrected chi connectivity index (χ4v) is 5.46. The number of nitrogens with zero attached hydrogens (tertiary/aromatic N) is 1. The van der Waals surface area contributed by atoms with Crippen LogP contribution in [-0.2, 0) is 25.8 Å². The Morgan fingerprint density at radius 2 is 2.12 bits per heavy atom. The minimum atomic E-state index is 0.126. The van der Waals surface area contributed by atoms with Crippen LogP contribution in [0.4, 0.5) is 0 Å². The summed E-state index contributed by atoms with van der Waals surface area (Å²) >= 11 is 1.77. The Kier molecular flexibility index (Phi) is 5.41. The van der Waals surface area contributed by atoms with E-state index in [9.17, 15) is 4.79 Å². The molecule has 4 rings (SSSR count). The van der Waals surface area contributed by atoms with Crippen molar-refractivity contribution in [2.75, 3.05) is 19.6 Å². The Hall–Kier alpha value is -1.65. The Balaban J connectivity index is 1.24. The molecule has 1 unspecified atom stereocenters. The number of fused-ring (bicyclic) bond motifs is 2. The average Bonchev–Trinajstić information content (AvgIpc) is 3.08. The van der Waals surface area contributed by atoms with Gasteiger partial charge in [0, 0.05) is 36.4 Å². The van der Waals surface area contributed by atoms with Crippen molar-refractivity contribution in [2.45, 2.75) is 45.6 Å². The second-order valence-corrected chi connectivity index (χ2v) is 8.77. The molecule has 0 spiro atoms. The summed E-state index contributed by atoms with van der Waals surface area (Å²) in [6.45, 7) is 6.29. The van der Waals surface area contributed by atoms with Gasteiger partial charge in [-0.25, -0.2) is 0 Å². The van der Waals surface area contributed by atoms with Gasteiger partial charge < -0.3 is 5.32 Å². The Bertz CT molecular complexity index is 782. The molecule has 1 aliphatic carbocycles. The number of rotatable bonds is 5. The first-order chi connectivity index (χ1) is 12.7. The first kappa shape index (κ1) is 17.7. The number of benzene rings is 1. The number of hydrogen-bond acceptors (Lipinski definition) is 3. The number of nitrogens with one attached hydrogen (secondary N) is 1. The van der Waals surface area contributed by atoms with Crippen LogP contribution in [0.15, 0.2) is 29.6 Å². The van der Waals surface area contributed by atoms with E-state index in [4.69, 9.17) is 0 Å². The Morgan fingerprint density at radius 3 is 3.00 bits per heavy atom. The molecule has 0 bridgehead atoms. The van der Waals surface area contributed by atoms with Crippen LogP contribution in [0.25, 0.3) is 0 Å². The van der Waals surface area contributed by atoms with Crippen molar-refractivity contribution >= 4 is 17.2 Å². The van der Waals surface area contributed by atoms with Crippen molar-refractivity contribution in [3.8, 4) is 0 Å². The molecule has 26 heavy (non-hydrogen) atoms. The summed E-state index contributed by atoms with van der Waals surface area (Å²) < 4.78 is 0. The molecule has 2 heterocycles. The monoisotopic (exact) mass is 368 g/mol. The van der Waals surface area contributed by atoms with Crippen LogP contribution < -0.4 is 5.32 Å². The number of thiophene rings is 1. The van der Waals surface area contributed by atoms with E-state index in [2.05, 4.69) is 46.8 Å². The predicted octanol–water partition coefficient (Wildman–Crippen LogP) is 4.05. The lowest BCUT2D eigenvalue weighted by atomic mass is 9.88. The molecule has 2 aromatic rings. The summed E-state index contributed by atoms with van der Waals surface area (Å²) in [5, 5.41) is 5.22. The van der Waals surface area contributed by atoms with Crippen molar-refractivity contribution < 1.29 is 4.79 Å². The molecule has 1 aromatic heterocycles. The van der Waals surface area contributed by atoms with Crippen molar-refractivity contribution in [2.24, 2.45) is 5.92 Å². The van der Waals surface area contributed by atoms with E-state index >= 15 is 0 Å². The van der Waals surface area contributed by atoms with Crippen molar-refractivity contribution in [1.29, 1.82) is 0 Å². The largest absolute Gasteiger partial charge is 0.352 e. The minimum Gasteiger partial charge on any atom is -0.352 e. The van der Waals surface area contributed by atoms with Gasteiger partial charge in [0.2, 0.25) is 0 Å². The number of amides is 1. The molecule has 1 atom stereocenters. The van der Waals surface area contributed by atoms with Gasteiger partial charge in [-0.3, -0.25) is 9.69 Å². The van der Waals surface area contributed by atoms with E-state index in [-0.39, 0.29) is 5.91 Å². The van der Waals surface area contributed by atoms with Crippen LogP contribution >= 0.6 is 11.3 Å². The topological polar surface area (TPSA) is 32.3 Å². The van der Waals surface area contributed by atoms with Crippen LogP contribution in [0.3, 0.4) is 0 Å². The van der Waals surface area contributed by atoms with E-state index in [0.29, 0.717) is 0 Å². The quantitative estimate of drug-likeness (QED) is 0.808. The van der Waals surface area contributed by atoms with Crippen LogP contribution in [0.5, 0.6) is 0 Å². The molecule has 0 saturated heterocycles. The van der Waals surface area contributed by atoms with Crippen LogP contribution in [0, 0.1) is 5.92 Å². The van der Waals surface area contributed by atoms with Gasteiger partial charge in [-0.15, -0.1) is 11.3 Å². The highest BCUT2D eigenvalue weighted by Gasteiger charge is 2.23. The van der Waals surface area contributed by atoms with E-state index < -0.39 is 0 Å². The van der Waals surface area contributed by atoms with Gasteiger partial charge in [-0.2, -0.15) is 0 Å². The summed E-state index contributed by atoms with van der Waals surface area (Å²) in [6, 6.07) is 8.75. The molecule has 1 aliphatic heterocycles. The molecule has 4 heteroatoms. The summed E-state index contributed by atoms with van der Waals surface area (Å²) in [7, 11) is 0. The fourth-order valence-electron chi connectivity index (χ4n) is 4.21. The molecular formula is C22H28N2OS. The molecule has 3 nitrogen and oxygen atoms in total. The Labute approximate surface area is 160 Å². The molecule has 0 saturated carbocycles. The molecule has 2 aliphatic rings. The molecule has 0 radical (unpaired) electrons. The third kappa shape index (κ3) is 3.86. The van der Waals surface area contributed by atoms with E-state index in [1.54, 1.807) is 11.3 Å². The number of carbonyl (C=O) groups excluding carboxylic acids is 1. The highest BCUT2D eigenvalue weighted by Crippen LogP contribution is 2.32. The van der Waals surface area contributed by atoms with Crippen LogP contribution in [0.1, 0.15) is 51.7 Å². The van der Waals surface area contributed by atoms with Crippen LogP contribution in [0.2, 0.25) is 0 Å². The Morgan fingerprint density at radius 1 is 1.27 bits per heavy atom. The second-order valence-electron chi connectivity index (χ2n) is 7.80. The van der Waals surface area contributed by atoms with Gasteiger partial charge in [-0.1, -0.05) is 31.2 Å². The van der Waals surface area contributed by atoms with E-state index in [1.165, 1.54) is 28.0 Å². The van der Waals surface area contributed by atoms with Crippen molar-refractivity contribution in [1.82, 2.24) is 10.2 Å². The highest BCUT2D eigenvalue weighted by molar-refractivity contribution is 7.10. The minimum absolute atomic E-state index is 0.126. The normalized spacial score (nSPS) is 19.7. The molecule has 0 fully saturated rings. The van der Waals surface area contributed by atoms with Gasteiger partial charge >= 0.3 is 0 Å². The van der Waals surface area contributed by atoms with Crippen LogP contribution in [-0.4, -0.2) is 30.4 Å². The van der Waals surface area contributed by atoms with E-state index in [1.807, 2.05) is 0 Å². The van der Waals surface area contributed by atoms with Gasteiger partial charge in [-0.05, 0) is 54.7 Å². The third-order valence-corrected chi connectivity index (χ3v) is 6.84. The first-order valence-corrected chi connectivity index (χ1v) is 10.7. The lowest BCUT2D eigenvalue weighted by Gasteiger charge is -2.28. The molecular weight excluding hydrogens is 340 g/mol. The van der Waals surface area contributed by atoms with Gasteiger partial charge in [0.25, 0.3) is 5.91 Å². The lowest BCUT2D eigenvalue weighted by molar-refractivity contribution is 0.0950. The zero-order valence-corrected chi connectivity index (χ0v) is 16.4. The summed E-state index contributed by atoms with van der Waals surface area (Å²) in [5.74, 6) is 0.882. The van der Waals surface area contributed by atoms with Crippen molar-refractivity contribution in [3.05, 3.63) is 56.8 Å². The standard InChI is InChI=1S/C22H28N2OS/c1-16-7-8-19-20(15-26-21(19)13-16)22(25)23-10-4-11-24-12-9-17-5-2-3-6-18(17)14-24/h2-3,5-6,15-16H,4,7-14H2,1H3,(H,23,25). The summed E-state index contributed by atoms with van der Waals surface area (Å²) in [4.78, 5) is 16.5. The van der Waals surface area contributed by atoms with E-state index in [0.717, 1.165) is 63.3 Å². The molecule has 138 valence electrons. The lowest BCUT2D eigenvalue weighted by Crippen LogP contribution is -2.33. The highest BCUT2D eigenvalue weighted by atomic mass is 32.1. The van der Waals surface area contributed by atoms with Gasteiger partial charge in [0.05, 0.1) is 5.56 Å². The maximum absolute atomic E-state index is 12.6. The average molecular weight is 369 g/mol. The predicted molar refractivity (Wildman–Crippen MR) is 108 cm³/mol. The molecule has 1 amide bonds. The third-order valence-electron chi connectivity index (χ3n) is 5.79. The zero-order valence-electron chi connectivity index (χ0n) is 15.6. The number of carbonyl (C=O) groups is 1. The zero-order chi connectivity index (χ0) is 17.9. The van der Waals surface area contributed by atoms with Crippen molar-refractivity contribution in [3.63, 3.8) is 0 Å². The second kappa shape index (κ2) is 7.93. The smallest absolute Gasteiger partial charge is 0.252 e.